The molecular formula is C22H18N4O. The largest absolute Gasteiger partial charge is 0.337 e. The van der Waals surface area contributed by atoms with Crippen molar-refractivity contribution in [3.05, 3.63) is 90.5 Å². The Morgan fingerprint density at radius 3 is 2.44 bits per heavy atom. The van der Waals surface area contributed by atoms with Gasteiger partial charge in [0.25, 0.3) is 5.91 Å². The van der Waals surface area contributed by atoms with Crippen molar-refractivity contribution in [1.82, 2.24) is 19.9 Å². The molecule has 132 valence electrons. The number of hydrogen-bond donors (Lipinski definition) is 0. The summed E-state index contributed by atoms with van der Waals surface area (Å²) in [5.74, 6) is -0.0458. The molecule has 0 N–H and O–H groups in total. The summed E-state index contributed by atoms with van der Waals surface area (Å²) < 4.78 is 0. The zero-order valence-corrected chi connectivity index (χ0v) is 14.9. The highest BCUT2D eigenvalue weighted by atomic mass is 16.2. The molecule has 2 aromatic heterocycles. The summed E-state index contributed by atoms with van der Waals surface area (Å²) >= 11 is 0. The first kappa shape index (κ1) is 16.8. The molecular weight excluding hydrogens is 336 g/mol. The van der Waals surface area contributed by atoms with Crippen molar-refractivity contribution in [3.63, 3.8) is 0 Å². The molecule has 2 aromatic carbocycles. The van der Waals surface area contributed by atoms with Crippen molar-refractivity contribution in [2.45, 2.75) is 6.54 Å². The van der Waals surface area contributed by atoms with Crippen molar-refractivity contribution in [2.75, 3.05) is 7.05 Å². The first-order valence-electron chi connectivity index (χ1n) is 8.67. The summed E-state index contributed by atoms with van der Waals surface area (Å²) in [5, 5.41) is 0.836. The fraction of sp³-hybridized carbons (Fsp3) is 0.0909. The summed E-state index contributed by atoms with van der Waals surface area (Å²) in [5.41, 5.74) is 3.95. The van der Waals surface area contributed by atoms with Crippen molar-refractivity contribution in [1.29, 1.82) is 0 Å². The number of amides is 1. The second-order valence-corrected chi connectivity index (χ2v) is 6.35. The molecule has 0 spiro atoms. The van der Waals surface area contributed by atoms with E-state index in [1.165, 1.54) is 6.33 Å². The zero-order valence-electron chi connectivity index (χ0n) is 14.9. The van der Waals surface area contributed by atoms with Crippen LogP contribution in [0.25, 0.3) is 22.2 Å². The first-order valence-corrected chi connectivity index (χ1v) is 8.67. The Kier molecular flexibility index (Phi) is 4.58. The molecule has 4 aromatic rings. The van der Waals surface area contributed by atoms with E-state index in [9.17, 15) is 4.79 Å². The number of pyridine rings is 1. The van der Waals surface area contributed by atoms with Gasteiger partial charge in [-0.15, -0.1) is 0 Å². The van der Waals surface area contributed by atoms with Gasteiger partial charge < -0.3 is 4.90 Å². The van der Waals surface area contributed by atoms with E-state index >= 15 is 0 Å². The predicted octanol–water partition coefficient (Wildman–Crippen LogP) is 3.96. The Morgan fingerprint density at radius 2 is 1.67 bits per heavy atom. The Bertz CT molecular complexity index is 1080. The Labute approximate surface area is 157 Å². The molecule has 27 heavy (non-hydrogen) atoms. The minimum atomic E-state index is -0.0458. The lowest BCUT2D eigenvalue weighted by atomic mass is 10.0. The molecule has 5 nitrogen and oxygen atoms in total. The Hall–Kier alpha value is -3.60. The summed E-state index contributed by atoms with van der Waals surface area (Å²) in [6.45, 7) is 0.542. The van der Waals surface area contributed by atoms with Crippen LogP contribution in [0.5, 0.6) is 0 Å². The van der Waals surface area contributed by atoms with Crippen LogP contribution in [0.15, 0.2) is 79.4 Å². The minimum Gasteiger partial charge on any atom is -0.337 e. The van der Waals surface area contributed by atoms with E-state index in [-0.39, 0.29) is 5.91 Å². The number of para-hydroxylation sites is 1. The molecule has 5 heteroatoms. The smallest absolute Gasteiger partial charge is 0.254 e. The lowest BCUT2D eigenvalue weighted by Crippen LogP contribution is -2.26. The summed E-state index contributed by atoms with van der Waals surface area (Å²) in [4.78, 5) is 27.7. The van der Waals surface area contributed by atoms with Crippen LogP contribution < -0.4 is 0 Å². The van der Waals surface area contributed by atoms with Crippen LogP contribution in [0.3, 0.4) is 0 Å². The minimum absolute atomic E-state index is 0.0458. The molecule has 0 unspecified atom stereocenters. The average Bonchev–Trinajstić information content (AvgIpc) is 2.73. The Balaban J connectivity index is 1.76. The van der Waals surface area contributed by atoms with Crippen molar-refractivity contribution in [2.24, 2.45) is 0 Å². The highest BCUT2D eigenvalue weighted by Gasteiger charge is 2.17. The average molecular weight is 354 g/mol. The van der Waals surface area contributed by atoms with Gasteiger partial charge in [-0.1, -0.05) is 48.5 Å². The fourth-order valence-corrected chi connectivity index (χ4v) is 3.07. The zero-order chi connectivity index (χ0) is 18.6. The van der Waals surface area contributed by atoms with Crippen LogP contribution in [0.4, 0.5) is 0 Å². The van der Waals surface area contributed by atoms with E-state index in [0.717, 1.165) is 22.0 Å². The van der Waals surface area contributed by atoms with Gasteiger partial charge in [-0.3, -0.25) is 4.79 Å². The van der Waals surface area contributed by atoms with Crippen molar-refractivity contribution < 1.29 is 4.79 Å². The summed E-state index contributed by atoms with van der Waals surface area (Å²) in [7, 11) is 1.82. The summed E-state index contributed by atoms with van der Waals surface area (Å²) in [6, 6.07) is 19.5. The van der Waals surface area contributed by atoms with Gasteiger partial charge in [-0.05, 0) is 17.7 Å². The number of fused-ring (bicyclic) bond motifs is 1. The highest BCUT2D eigenvalue weighted by molar-refractivity contribution is 6.07. The van der Waals surface area contributed by atoms with Crippen LogP contribution in [-0.4, -0.2) is 32.8 Å². The lowest BCUT2D eigenvalue weighted by molar-refractivity contribution is 0.0787. The number of carbonyl (C=O) groups is 1. The van der Waals surface area contributed by atoms with E-state index in [4.69, 9.17) is 0 Å². The third-order valence-corrected chi connectivity index (χ3v) is 4.41. The monoisotopic (exact) mass is 354 g/mol. The molecule has 0 aliphatic heterocycles. The Morgan fingerprint density at radius 1 is 0.963 bits per heavy atom. The van der Waals surface area contributed by atoms with E-state index < -0.39 is 0 Å². The van der Waals surface area contributed by atoms with Crippen LogP contribution in [0, 0.1) is 0 Å². The molecule has 0 bridgehead atoms. The predicted molar refractivity (Wildman–Crippen MR) is 105 cm³/mol. The molecule has 0 aliphatic carbocycles. The van der Waals surface area contributed by atoms with E-state index in [1.807, 2.05) is 67.7 Å². The van der Waals surface area contributed by atoms with E-state index in [0.29, 0.717) is 17.8 Å². The van der Waals surface area contributed by atoms with Gasteiger partial charge in [-0.2, -0.15) is 0 Å². The maximum Gasteiger partial charge on any atom is 0.254 e. The van der Waals surface area contributed by atoms with E-state index in [2.05, 4.69) is 15.0 Å². The molecule has 0 radical (unpaired) electrons. The molecule has 0 saturated carbocycles. The SMILES string of the molecule is CN(Cc1ccccc1)C(=O)c1cc(-c2cncnc2)nc2ccccc12. The molecule has 0 aliphatic rings. The number of hydrogen-bond acceptors (Lipinski definition) is 4. The van der Waals surface area contributed by atoms with Gasteiger partial charge in [-0.25, -0.2) is 15.0 Å². The molecule has 0 atom stereocenters. The topological polar surface area (TPSA) is 59.0 Å². The number of benzene rings is 2. The number of rotatable bonds is 4. The number of nitrogens with zero attached hydrogens (tertiary/aromatic N) is 4. The molecule has 2 heterocycles. The van der Waals surface area contributed by atoms with Gasteiger partial charge in [0.05, 0.1) is 16.8 Å². The summed E-state index contributed by atoms with van der Waals surface area (Å²) in [6.07, 6.45) is 4.88. The van der Waals surface area contributed by atoms with Crippen molar-refractivity contribution in [3.8, 4) is 11.3 Å². The van der Waals surface area contributed by atoms with Gasteiger partial charge in [0, 0.05) is 36.9 Å². The van der Waals surface area contributed by atoms with Crippen LogP contribution >= 0.6 is 0 Å². The number of carbonyl (C=O) groups excluding carboxylic acids is 1. The van der Waals surface area contributed by atoms with Crippen molar-refractivity contribution >= 4 is 16.8 Å². The maximum absolute atomic E-state index is 13.2. The molecule has 1 amide bonds. The second kappa shape index (κ2) is 7.33. The van der Waals surface area contributed by atoms with Crippen LogP contribution in [0.2, 0.25) is 0 Å². The normalized spacial score (nSPS) is 10.7. The standard InChI is InChI=1S/C22H18N4O/c1-26(14-16-7-3-2-4-8-16)22(27)19-11-21(17-12-23-15-24-13-17)25-20-10-6-5-9-18(19)20/h2-13,15H,14H2,1H3. The molecule has 0 saturated heterocycles. The lowest BCUT2D eigenvalue weighted by Gasteiger charge is -2.19. The fourth-order valence-electron chi connectivity index (χ4n) is 3.07. The van der Waals surface area contributed by atoms with Crippen LogP contribution in [-0.2, 0) is 6.54 Å². The third-order valence-electron chi connectivity index (χ3n) is 4.41. The maximum atomic E-state index is 13.2. The van der Waals surface area contributed by atoms with Gasteiger partial charge >= 0.3 is 0 Å². The molecule has 4 rings (SSSR count). The first-order chi connectivity index (χ1) is 13.2. The third kappa shape index (κ3) is 3.53. The van der Waals surface area contributed by atoms with Gasteiger partial charge in [0.2, 0.25) is 0 Å². The van der Waals surface area contributed by atoms with E-state index in [1.54, 1.807) is 17.3 Å². The van der Waals surface area contributed by atoms with Crippen LogP contribution in [0.1, 0.15) is 15.9 Å². The highest BCUT2D eigenvalue weighted by Crippen LogP contribution is 2.25. The number of aromatic nitrogens is 3. The molecule has 0 fully saturated rings. The second-order valence-electron chi connectivity index (χ2n) is 6.35. The quantitative estimate of drug-likeness (QED) is 0.556. The van der Waals surface area contributed by atoms with Gasteiger partial charge in [0.15, 0.2) is 0 Å². The van der Waals surface area contributed by atoms with Gasteiger partial charge in [0.1, 0.15) is 6.33 Å².